The van der Waals surface area contributed by atoms with Crippen molar-refractivity contribution in [2.75, 3.05) is 27.8 Å². The van der Waals surface area contributed by atoms with E-state index in [1.165, 1.54) is 6.07 Å². The summed E-state index contributed by atoms with van der Waals surface area (Å²) in [6.45, 7) is 1.35. The molecule has 0 spiro atoms. The zero-order valence-electron chi connectivity index (χ0n) is 13.6. The Hall–Kier alpha value is -2.14. The number of ether oxygens (including phenoxy) is 2. The second-order valence-electron chi connectivity index (χ2n) is 5.43. The van der Waals surface area contributed by atoms with Crippen molar-refractivity contribution in [2.24, 2.45) is 0 Å². The molecular formula is C18H21F2NO2. The molecule has 0 unspecified atom stereocenters. The Kier molecular flexibility index (Phi) is 5.93. The lowest BCUT2D eigenvalue weighted by atomic mass is 10.1. The van der Waals surface area contributed by atoms with Gasteiger partial charge in [-0.15, -0.1) is 0 Å². The van der Waals surface area contributed by atoms with Gasteiger partial charge >= 0.3 is 0 Å². The first-order valence-corrected chi connectivity index (χ1v) is 7.37. The van der Waals surface area contributed by atoms with Crippen LogP contribution in [0.15, 0.2) is 36.4 Å². The van der Waals surface area contributed by atoms with Crippen molar-refractivity contribution in [1.29, 1.82) is 0 Å². The van der Waals surface area contributed by atoms with E-state index in [4.69, 9.17) is 9.47 Å². The van der Waals surface area contributed by atoms with Crippen LogP contribution < -0.4 is 9.47 Å². The molecule has 0 bridgehead atoms. The van der Waals surface area contributed by atoms with Crippen LogP contribution in [0.3, 0.4) is 0 Å². The fourth-order valence-corrected chi connectivity index (χ4v) is 2.38. The van der Waals surface area contributed by atoms with Gasteiger partial charge < -0.3 is 14.4 Å². The van der Waals surface area contributed by atoms with Gasteiger partial charge in [0.1, 0.15) is 0 Å². The van der Waals surface area contributed by atoms with Gasteiger partial charge in [0.25, 0.3) is 0 Å². The molecular weight excluding hydrogens is 300 g/mol. The van der Waals surface area contributed by atoms with Crippen molar-refractivity contribution in [3.05, 3.63) is 59.2 Å². The van der Waals surface area contributed by atoms with Crippen molar-refractivity contribution >= 4 is 0 Å². The average molecular weight is 321 g/mol. The van der Waals surface area contributed by atoms with Crippen molar-refractivity contribution < 1.29 is 18.3 Å². The Bertz CT molecular complexity index is 661. The summed E-state index contributed by atoms with van der Waals surface area (Å²) in [5, 5.41) is 0. The molecule has 0 saturated heterocycles. The van der Waals surface area contributed by atoms with Crippen molar-refractivity contribution in [1.82, 2.24) is 4.90 Å². The molecule has 3 nitrogen and oxygen atoms in total. The molecule has 0 aliphatic carbocycles. The molecule has 0 fully saturated rings. The van der Waals surface area contributed by atoms with Gasteiger partial charge in [-0.25, -0.2) is 8.78 Å². The Balaban J connectivity index is 1.93. The number of benzene rings is 2. The first kappa shape index (κ1) is 17.2. The minimum atomic E-state index is -0.818. The van der Waals surface area contributed by atoms with E-state index in [2.05, 4.69) is 4.90 Å². The third-order valence-corrected chi connectivity index (χ3v) is 3.67. The van der Waals surface area contributed by atoms with E-state index in [-0.39, 0.29) is 0 Å². The van der Waals surface area contributed by atoms with Gasteiger partial charge in [0.2, 0.25) is 0 Å². The molecule has 0 heterocycles. The maximum Gasteiger partial charge on any atom is 0.160 e. The van der Waals surface area contributed by atoms with Crippen LogP contribution in [-0.2, 0) is 13.0 Å². The SMILES string of the molecule is COc1ccc(CCN(C)Cc2ccc(F)c(F)c2)cc1OC. The van der Waals surface area contributed by atoms with Gasteiger partial charge in [-0.05, 0) is 48.9 Å². The van der Waals surface area contributed by atoms with Crippen LogP contribution in [0.4, 0.5) is 8.78 Å². The van der Waals surface area contributed by atoms with E-state index in [1.54, 1.807) is 20.3 Å². The molecule has 124 valence electrons. The number of nitrogens with zero attached hydrogens (tertiary/aromatic N) is 1. The van der Waals surface area contributed by atoms with Gasteiger partial charge in [-0.3, -0.25) is 0 Å². The highest BCUT2D eigenvalue weighted by Gasteiger charge is 2.08. The van der Waals surface area contributed by atoms with Gasteiger partial charge in [0.05, 0.1) is 14.2 Å². The fourth-order valence-electron chi connectivity index (χ4n) is 2.38. The highest BCUT2D eigenvalue weighted by molar-refractivity contribution is 5.42. The van der Waals surface area contributed by atoms with E-state index in [1.807, 2.05) is 25.2 Å². The number of methoxy groups -OCH3 is 2. The minimum absolute atomic E-state index is 0.560. The molecule has 0 N–H and O–H groups in total. The lowest BCUT2D eigenvalue weighted by Crippen LogP contribution is -2.20. The van der Waals surface area contributed by atoms with E-state index < -0.39 is 11.6 Å². The van der Waals surface area contributed by atoms with Gasteiger partial charge in [0, 0.05) is 13.1 Å². The first-order chi connectivity index (χ1) is 11.0. The molecule has 0 aliphatic rings. The van der Waals surface area contributed by atoms with Gasteiger partial charge in [-0.1, -0.05) is 12.1 Å². The number of likely N-dealkylation sites (N-methyl/N-ethyl adjacent to an activating group) is 1. The Morgan fingerprint density at radius 3 is 2.22 bits per heavy atom. The first-order valence-electron chi connectivity index (χ1n) is 7.37. The van der Waals surface area contributed by atoms with E-state index >= 15 is 0 Å². The molecule has 0 atom stereocenters. The van der Waals surface area contributed by atoms with Crippen LogP contribution in [0.2, 0.25) is 0 Å². The van der Waals surface area contributed by atoms with Crippen LogP contribution in [0, 0.1) is 11.6 Å². The molecule has 2 aromatic rings. The third kappa shape index (κ3) is 4.66. The van der Waals surface area contributed by atoms with Crippen LogP contribution in [-0.4, -0.2) is 32.7 Å². The molecule has 0 radical (unpaired) electrons. The molecule has 0 amide bonds. The predicted molar refractivity (Wildman–Crippen MR) is 85.9 cm³/mol. The summed E-state index contributed by atoms with van der Waals surface area (Å²) in [6.07, 6.45) is 0.820. The fraction of sp³-hybridized carbons (Fsp3) is 0.333. The molecule has 2 rings (SSSR count). The molecule has 5 heteroatoms. The summed E-state index contributed by atoms with van der Waals surface area (Å²) in [6, 6.07) is 9.82. The Labute approximate surface area is 135 Å². The zero-order chi connectivity index (χ0) is 16.8. The van der Waals surface area contributed by atoms with Crippen molar-refractivity contribution in [2.45, 2.75) is 13.0 Å². The average Bonchev–Trinajstić information content (AvgIpc) is 2.56. The lowest BCUT2D eigenvalue weighted by Gasteiger charge is -2.17. The highest BCUT2D eigenvalue weighted by atomic mass is 19.2. The number of hydrogen-bond acceptors (Lipinski definition) is 3. The maximum atomic E-state index is 13.2. The smallest absolute Gasteiger partial charge is 0.160 e. The topological polar surface area (TPSA) is 21.7 Å². The van der Waals surface area contributed by atoms with E-state index in [9.17, 15) is 8.78 Å². The largest absolute Gasteiger partial charge is 0.493 e. The monoisotopic (exact) mass is 321 g/mol. The normalized spacial score (nSPS) is 10.9. The standard InChI is InChI=1S/C18H21F2NO2/c1-21(12-14-4-6-15(19)16(20)10-14)9-8-13-5-7-17(22-2)18(11-13)23-3/h4-7,10-11H,8-9,12H2,1-3H3. The zero-order valence-corrected chi connectivity index (χ0v) is 13.6. The summed E-state index contributed by atoms with van der Waals surface area (Å²) in [5.41, 5.74) is 1.87. The Morgan fingerprint density at radius 2 is 1.57 bits per heavy atom. The maximum absolute atomic E-state index is 13.2. The predicted octanol–water partition coefficient (Wildman–Crippen LogP) is 3.66. The van der Waals surface area contributed by atoms with Crippen LogP contribution in [0.25, 0.3) is 0 Å². The van der Waals surface area contributed by atoms with Crippen LogP contribution in [0.5, 0.6) is 11.5 Å². The van der Waals surface area contributed by atoms with E-state index in [0.29, 0.717) is 18.0 Å². The van der Waals surface area contributed by atoms with Crippen molar-refractivity contribution in [3.8, 4) is 11.5 Å². The second-order valence-corrected chi connectivity index (χ2v) is 5.43. The Morgan fingerprint density at radius 1 is 0.870 bits per heavy atom. The molecule has 0 aliphatic heterocycles. The number of halogens is 2. The van der Waals surface area contributed by atoms with Gasteiger partial charge in [0.15, 0.2) is 23.1 Å². The third-order valence-electron chi connectivity index (χ3n) is 3.67. The molecule has 0 saturated carbocycles. The summed E-state index contributed by atoms with van der Waals surface area (Å²) in [4.78, 5) is 2.06. The van der Waals surface area contributed by atoms with Crippen LogP contribution >= 0.6 is 0 Å². The molecule has 2 aromatic carbocycles. The van der Waals surface area contributed by atoms with E-state index in [0.717, 1.165) is 30.2 Å². The van der Waals surface area contributed by atoms with Crippen molar-refractivity contribution in [3.63, 3.8) is 0 Å². The second kappa shape index (κ2) is 7.92. The number of rotatable bonds is 7. The van der Waals surface area contributed by atoms with Gasteiger partial charge in [-0.2, -0.15) is 0 Å². The minimum Gasteiger partial charge on any atom is -0.493 e. The number of hydrogen-bond donors (Lipinski definition) is 0. The summed E-state index contributed by atoms with van der Waals surface area (Å²) < 4.78 is 36.6. The summed E-state index contributed by atoms with van der Waals surface area (Å²) in [5.74, 6) is -0.225. The summed E-state index contributed by atoms with van der Waals surface area (Å²) in [7, 11) is 5.16. The molecule has 0 aromatic heterocycles. The molecule has 23 heavy (non-hydrogen) atoms. The summed E-state index contributed by atoms with van der Waals surface area (Å²) >= 11 is 0. The lowest BCUT2D eigenvalue weighted by molar-refractivity contribution is 0.329. The van der Waals surface area contributed by atoms with Crippen LogP contribution in [0.1, 0.15) is 11.1 Å². The highest BCUT2D eigenvalue weighted by Crippen LogP contribution is 2.27. The quantitative estimate of drug-likeness (QED) is 0.777.